The molecule has 0 N–H and O–H groups in total. The molecule has 0 bridgehead atoms. The maximum absolute atomic E-state index is 2.44. The second-order valence-electron chi connectivity index (χ2n) is 13.3. The fourth-order valence-electron chi connectivity index (χ4n) is 8.23. The highest BCUT2D eigenvalue weighted by molar-refractivity contribution is 7.99. The fraction of sp³-hybridized carbons (Fsp3) is 0. The van der Waals surface area contributed by atoms with Crippen LogP contribution in [0.1, 0.15) is 0 Å². The van der Waals surface area contributed by atoms with Gasteiger partial charge in [-0.05, 0) is 103 Å². The Hall–Kier alpha value is -6.09. The van der Waals surface area contributed by atoms with Crippen molar-refractivity contribution in [3.05, 3.63) is 176 Å². The highest BCUT2D eigenvalue weighted by Crippen LogP contribution is 2.49. The SMILES string of the molecule is c1ccc2c(c1)Sc1ccc(-c3ccc(-c4ccc(-n5c6cc7ccccc7cc6c6c7ccccc7ccc65)cc4)cc3)c3cccc-2c13. The molecule has 0 radical (unpaired) electrons. The Kier molecular flexibility index (Phi) is 5.96. The van der Waals surface area contributed by atoms with Gasteiger partial charge in [0.15, 0.2) is 0 Å². The molecule has 232 valence electrons. The van der Waals surface area contributed by atoms with Gasteiger partial charge in [0.25, 0.3) is 0 Å². The molecule has 2 heteroatoms. The average Bonchev–Trinajstić information content (AvgIpc) is 3.51. The van der Waals surface area contributed by atoms with Gasteiger partial charge in [-0.2, -0.15) is 0 Å². The van der Waals surface area contributed by atoms with E-state index in [0.717, 1.165) is 0 Å². The number of hydrogen-bond acceptors (Lipinski definition) is 1. The summed E-state index contributed by atoms with van der Waals surface area (Å²) < 4.78 is 2.44. The summed E-state index contributed by atoms with van der Waals surface area (Å²) in [7, 11) is 0. The van der Waals surface area contributed by atoms with E-state index in [0.29, 0.717) is 0 Å². The number of rotatable bonds is 3. The van der Waals surface area contributed by atoms with Crippen molar-refractivity contribution in [2.75, 3.05) is 0 Å². The van der Waals surface area contributed by atoms with Gasteiger partial charge in [0.1, 0.15) is 0 Å². The largest absolute Gasteiger partial charge is 0.309 e. The molecule has 0 unspecified atom stereocenters. The average molecular weight is 652 g/mol. The van der Waals surface area contributed by atoms with E-state index in [9.17, 15) is 0 Å². The van der Waals surface area contributed by atoms with E-state index >= 15 is 0 Å². The molecule has 1 nitrogen and oxygen atoms in total. The number of aromatic nitrogens is 1. The fourth-order valence-corrected chi connectivity index (χ4v) is 9.36. The van der Waals surface area contributed by atoms with E-state index in [-0.39, 0.29) is 0 Å². The summed E-state index contributed by atoms with van der Waals surface area (Å²) in [6.07, 6.45) is 0. The molecule has 50 heavy (non-hydrogen) atoms. The van der Waals surface area contributed by atoms with Crippen LogP contribution in [-0.4, -0.2) is 4.57 Å². The number of hydrogen-bond donors (Lipinski definition) is 0. The third kappa shape index (κ3) is 4.09. The summed E-state index contributed by atoms with van der Waals surface area (Å²) in [6, 6.07) is 65.0. The molecule has 9 aromatic carbocycles. The summed E-state index contributed by atoms with van der Waals surface area (Å²) in [5, 5.41) is 10.3. The van der Waals surface area contributed by atoms with Gasteiger partial charge in [0.05, 0.1) is 11.0 Å². The molecule has 0 saturated heterocycles. The van der Waals surface area contributed by atoms with Crippen LogP contribution >= 0.6 is 11.8 Å². The molecule has 11 rings (SSSR count). The first-order valence-corrected chi connectivity index (χ1v) is 18.0. The predicted molar refractivity (Wildman–Crippen MR) is 214 cm³/mol. The molecule has 0 atom stereocenters. The minimum absolute atomic E-state index is 1.17. The van der Waals surface area contributed by atoms with Crippen molar-refractivity contribution >= 4 is 65.9 Å². The van der Waals surface area contributed by atoms with Gasteiger partial charge >= 0.3 is 0 Å². The van der Waals surface area contributed by atoms with Crippen molar-refractivity contribution in [2.24, 2.45) is 0 Å². The van der Waals surface area contributed by atoms with Crippen LogP contribution in [0.15, 0.2) is 186 Å². The van der Waals surface area contributed by atoms with Crippen LogP contribution in [0.4, 0.5) is 0 Å². The standard InChI is InChI=1S/C48H29NS/c1-2-10-35-29-44-42(28-34(35)9-1)47-38-11-4-3-8-32(38)22-26-43(47)49(44)36-23-20-31(21-24-36)30-16-18-33(19-17-30)37-25-27-46-48-40(37)13-7-14-41(48)39-12-5-6-15-45(39)50-46/h1-29H. The normalized spacial score (nSPS) is 12.3. The lowest BCUT2D eigenvalue weighted by atomic mass is 9.92. The molecular weight excluding hydrogens is 623 g/mol. The van der Waals surface area contributed by atoms with Crippen molar-refractivity contribution in [1.82, 2.24) is 4.57 Å². The molecule has 0 aliphatic carbocycles. The van der Waals surface area contributed by atoms with Crippen molar-refractivity contribution in [3.63, 3.8) is 0 Å². The van der Waals surface area contributed by atoms with Crippen LogP contribution in [0.25, 0.3) is 93.2 Å². The summed E-state index contributed by atoms with van der Waals surface area (Å²) in [6.45, 7) is 0. The minimum atomic E-state index is 1.17. The summed E-state index contributed by atoms with van der Waals surface area (Å²) in [4.78, 5) is 2.66. The van der Waals surface area contributed by atoms with Crippen LogP contribution in [0.3, 0.4) is 0 Å². The zero-order chi connectivity index (χ0) is 32.8. The Bertz CT molecular complexity index is 2990. The van der Waals surface area contributed by atoms with Crippen LogP contribution in [0, 0.1) is 0 Å². The van der Waals surface area contributed by atoms with Gasteiger partial charge in [-0.25, -0.2) is 0 Å². The van der Waals surface area contributed by atoms with E-state index in [4.69, 9.17) is 0 Å². The van der Waals surface area contributed by atoms with Crippen LogP contribution in [0.5, 0.6) is 0 Å². The maximum Gasteiger partial charge on any atom is 0.0547 e. The molecule has 0 saturated carbocycles. The van der Waals surface area contributed by atoms with Crippen molar-refractivity contribution < 1.29 is 0 Å². The molecule has 1 aliphatic rings. The smallest absolute Gasteiger partial charge is 0.0547 e. The molecule has 10 aromatic rings. The van der Waals surface area contributed by atoms with Gasteiger partial charge in [-0.3, -0.25) is 0 Å². The first-order valence-electron chi connectivity index (χ1n) is 17.2. The first kappa shape index (κ1) is 27.8. The zero-order valence-corrected chi connectivity index (χ0v) is 27.9. The van der Waals surface area contributed by atoms with Crippen molar-refractivity contribution in [2.45, 2.75) is 9.79 Å². The van der Waals surface area contributed by atoms with Gasteiger partial charge < -0.3 is 4.57 Å². The molecule has 1 aliphatic heterocycles. The van der Waals surface area contributed by atoms with E-state index < -0.39 is 0 Å². The molecule has 0 amide bonds. The molecule has 2 heterocycles. The second-order valence-corrected chi connectivity index (χ2v) is 14.4. The quantitative estimate of drug-likeness (QED) is 0.184. The lowest BCUT2D eigenvalue weighted by Crippen LogP contribution is -1.94. The third-order valence-electron chi connectivity index (χ3n) is 10.6. The highest BCUT2D eigenvalue weighted by Gasteiger charge is 2.20. The molecular formula is C48H29NS. The topological polar surface area (TPSA) is 4.93 Å². The number of nitrogens with zero attached hydrogens (tertiary/aromatic N) is 1. The van der Waals surface area contributed by atoms with E-state index in [2.05, 4.69) is 180 Å². The Balaban J connectivity index is 0.998. The Morgan fingerprint density at radius 1 is 0.340 bits per heavy atom. The van der Waals surface area contributed by atoms with Crippen LogP contribution in [-0.2, 0) is 0 Å². The lowest BCUT2D eigenvalue weighted by molar-refractivity contribution is 1.18. The summed E-state index contributed by atoms with van der Waals surface area (Å²) in [5.41, 5.74) is 11.2. The third-order valence-corrected chi connectivity index (χ3v) is 11.7. The molecule has 1 aromatic heterocycles. The maximum atomic E-state index is 2.44. The second kappa shape index (κ2) is 10.7. The predicted octanol–water partition coefficient (Wildman–Crippen LogP) is 13.7. The zero-order valence-electron chi connectivity index (χ0n) is 27.1. The number of fused-ring (bicyclic) bond motifs is 8. The summed E-state index contributed by atoms with van der Waals surface area (Å²) in [5.74, 6) is 0. The Morgan fingerprint density at radius 3 is 1.84 bits per heavy atom. The molecule has 0 spiro atoms. The number of benzene rings is 9. The molecule has 0 fully saturated rings. The van der Waals surface area contributed by atoms with Crippen LogP contribution in [0.2, 0.25) is 0 Å². The van der Waals surface area contributed by atoms with Crippen molar-refractivity contribution in [3.8, 4) is 39.1 Å². The van der Waals surface area contributed by atoms with Gasteiger partial charge in [0.2, 0.25) is 0 Å². The summed E-state index contributed by atoms with van der Waals surface area (Å²) >= 11 is 1.88. The van der Waals surface area contributed by atoms with Gasteiger partial charge in [-0.15, -0.1) is 0 Å². The highest BCUT2D eigenvalue weighted by atomic mass is 32.2. The van der Waals surface area contributed by atoms with Gasteiger partial charge in [-0.1, -0.05) is 145 Å². The van der Waals surface area contributed by atoms with E-state index in [1.807, 2.05) is 11.8 Å². The Labute approximate surface area is 294 Å². The van der Waals surface area contributed by atoms with Gasteiger partial charge in [0, 0.05) is 31.6 Å². The van der Waals surface area contributed by atoms with Crippen LogP contribution < -0.4 is 0 Å². The minimum Gasteiger partial charge on any atom is -0.309 e. The van der Waals surface area contributed by atoms with E-state index in [1.54, 1.807) is 0 Å². The monoisotopic (exact) mass is 651 g/mol. The first-order chi connectivity index (χ1) is 24.8. The Morgan fingerprint density at radius 2 is 1.00 bits per heavy atom. The lowest BCUT2D eigenvalue weighted by Gasteiger charge is -2.21. The van der Waals surface area contributed by atoms with Crippen molar-refractivity contribution in [1.29, 1.82) is 0 Å². The van der Waals surface area contributed by atoms with E-state index in [1.165, 1.54) is 103 Å².